The molecule has 14 heavy (non-hydrogen) atoms. The second-order valence-corrected chi connectivity index (χ2v) is 3.72. The molecule has 0 bridgehead atoms. The van der Waals surface area contributed by atoms with Crippen LogP contribution in [0.4, 0.5) is 5.69 Å². The summed E-state index contributed by atoms with van der Waals surface area (Å²) in [6.45, 7) is 8.51. The predicted octanol–water partition coefficient (Wildman–Crippen LogP) is 4.03. The highest BCUT2D eigenvalue weighted by Crippen LogP contribution is 2.15. The van der Waals surface area contributed by atoms with Crippen LogP contribution in [0, 0.1) is 13.8 Å². The Labute approximate surface area is 86.8 Å². The average molecular weight is 189 g/mol. The molecule has 0 aliphatic heterocycles. The largest absolute Gasteiger partial charge is 0.359 e. The summed E-state index contributed by atoms with van der Waals surface area (Å²) in [6.07, 6.45) is 3.26. The third-order valence-corrected chi connectivity index (χ3v) is 2.36. The van der Waals surface area contributed by atoms with Crippen LogP contribution in [0.15, 0.2) is 30.0 Å². The Bertz CT molecular complexity index is 337. The lowest BCUT2D eigenvalue weighted by Crippen LogP contribution is -1.96. The summed E-state index contributed by atoms with van der Waals surface area (Å²) < 4.78 is 0. The van der Waals surface area contributed by atoms with Gasteiger partial charge in [-0.3, -0.25) is 0 Å². The minimum absolute atomic E-state index is 1.07. The van der Waals surface area contributed by atoms with E-state index in [1.807, 2.05) is 0 Å². The van der Waals surface area contributed by atoms with E-state index in [0.717, 1.165) is 6.42 Å². The Kier molecular flexibility index (Phi) is 3.75. The fourth-order valence-electron chi connectivity index (χ4n) is 1.40. The van der Waals surface area contributed by atoms with Gasteiger partial charge < -0.3 is 5.32 Å². The molecule has 0 heterocycles. The number of hydrogen-bond acceptors (Lipinski definition) is 1. The van der Waals surface area contributed by atoms with E-state index in [1.54, 1.807) is 0 Å². The first kappa shape index (κ1) is 10.8. The minimum Gasteiger partial charge on any atom is -0.359 e. The number of benzene rings is 1. The quantitative estimate of drug-likeness (QED) is 0.757. The molecular weight excluding hydrogens is 170 g/mol. The Balaban J connectivity index is 2.78. The molecule has 0 saturated heterocycles. The number of rotatable bonds is 3. The van der Waals surface area contributed by atoms with Crippen molar-refractivity contribution in [2.45, 2.75) is 34.1 Å². The molecule has 0 unspecified atom stereocenters. The van der Waals surface area contributed by atoms with Gasteiger partial charge in [-0.25, -0.2) is 0 Å². The molecule has 0 amide bonds. The molecule has 0 aromatic heterocycles. The smallest absolute Gasteiger partial charge is 0.0384 e. The van der Waals surface area contributed by atoms with Gasteiger partial charge in [0, 0.05) is 11.4 Å². The predicted molar refractivity (Wildman–Crippen MR) is 63.6 cm³/mol. The number of anilines is 1. The van der Waals surface area contributed by atoms with E-state index in [1.165, 1.54) is 22.5 Å². The van der Waals surface area contributed by atoms with Crippen molar-refractivity contribution in [1.29, 1.82) is 0 Å². The van der Waals surface area contributed by atoms with E-state index >= 15 is 0 Å². The van der Waals surface area contributed by atoms with Crippen LogP contribution < -0.4 is 5.32 Å². The van der Waals surface area contributed by atoms with Gasteiger partial charge in [-0.1, -0.05) is 19.1 Å². The maximum atomic E-state index is 3.37. The molecule has 0 radical (unpaired) electrons. The van der Waals surface area contributed by atoms with E-state index in [9.17, 15) is 0 Å². The third kappa shape index (κ3) is 2.91. The molecular formula is C13H19N. The van der Waals surface area contributed by atoms with E-state index < -0.39 is 0 Å². The van der Waals surface area contributed by atoms with Crippen molar-refractivity contribution in [2.24, 2.45) is 0 Å². The fraction of sp³-hybridized carbons (Fsp3) is 0.385. The maximum Gasteiger partial charge on any atom is 0.0384 e. The average Bonchev–Trinajstić information content (AvgIpc) is 2.12. The summed E-state index contributed by atoms with van der Waals surface area (Å²) in [7, 11) is 0. The van der Waals surface area contributed by atoms with Crippen LogP contribution in [-0.2, 0) is 0 Å². The van der Waals surface area contributed by atoms with Gasteiger partial charge in [0.15, 0.2) is 0 Å². The SMILES string of the molecule is CC/C=C(\C)Nc1ccc(C)c(C)c1. The van der Waals surface area contributed by atoms with Gasteiger partial charge in [-0.05, 0) is 50.5 Å². The number of aryl methyl sites for hydroxylation is 2. The van der Waals surface area contributed by atoms with E-state index in [4.69, 9.17) is 0 Å². The first-order valence-electron chi connectivity index (χ1n) is 5.14. The molecule has 0 atom stereocenters. The van der Waals surface area contributed by atoms with Crippen LogP contribution in [-0.4, -0.2) is 0 Å². The second-order valence-electron chi connectivity index (χ2n) is 3.72. The Morgan fingerprint density at radius 1 is 1.29 bits per heavy atom. The van der Waals surface area contributed by atoms with Crippen molar-refractivity contribution >= 4 is 5.69 Å². The van der Waals surface area contributed by atoms with Crippen LogP contribution in [0.3, 0.4) is 0 Å². The third-order valence-electron chi connectivity index (χ3n) is 2.36. The molecule has 1 heteroatoms. The van der Waals surface area contributed by atoms with Crippen molar-refractivity contribution in [3.05, 3.63) is 41.1 Å². The Morgan fingerprint density at radius 2 is 2.00 bits per heavy atom. The van der Waals surface area contributed by atoms with Gasteiger partial charge in [0.2, 0.25) is 0 Å². The summed E-state index contributed by atoms with van der Waals surface area (Å²) in [6, 6.07) is 6.45. The standard InChI is InChI=1S/C13H19N/c1-5-6-12(4)14-13-8-7-10(2)11(3)9-13/h6-9,14H,5H2,1-4H3/b12-6+. The van der Waals surface area contributed by atoms with Crippen LogP contribution in [0.5, 0.6) is 0 Å². The second kappa shape index (κ2) is 4.85. The molecule has 1 aromatic carbocycles. The van der Waals surface area contributed by atoms with Crippen LogP contribution in [0.2, 0.25) is 0 Å². The monoisotopic (exact) mass is 189 g/mol. The lowest BCUT2D eigenvalue weighted by Gasteiger charge is -2.08. The van der Waals surface area contributed by atoms with Gasteiger partial charge >= 0.3 is 0 Å². The van der Waals surface area contributed by atoms with Crippen molar-refractivity contribution in [3.63, 3.8) is 0 Å². The minimum atomic E-state index is 1.07. The topological polar surface area (TPSA) is 12.0 Å². The summed E-state index contributed by atoms with van der Waals surface area (Å²) in [5, 5.41) is 3.37. The number of allylic oxidation sites excluding steroid dienone is 2. The zero-order valence-corrected chi connectivity index (χ0v) is 9.52. The first-order valence-corrected chi connectivity index (χ1v) is 5.14. The summed E-state index contributed by atoms with van der Waals surface area (Å²) >= 11 is 0. The molecule has 1 rings (SSSR count). The van der Waals surface area contributed by atoms with E-state index in [0.29, 0.717) is 0 Å². The Morgan fingerprint density at radius 3 is 2.57 bits per heavy atom. The van der Waals surface area contributed by atoms with Crippen molar-refractivity contribution in [2.75, 3.05) is 5.32 Å². The molecule has 0 saturated carbocycles. The van der Waals surface area contributed by atoms with Crippen molar-refractivity contribution in [1.82, 2.24) is 0 Å². The van der Waals surface area contributed by atoms with Crippen molar-refractivity contribution < 1.29 is 0 Å². The zero-order valence-electron chi connectivity index (χ0n) is 9.52. The maximum absolute atomic E-state index is 3.37. The van der Waals surface area contributed by atoms with Crippen LogP contribution >= 0.6 is 0 Å². The highest BCUT2D eigenvalue weighted by molar-refractivity contribution is 5.51. The van der Waals surface area contributed by atoms with Gasteiger partial charge in [-0.15, -0.1) is 0 Å². The highest BCUT2D eigenvalue weighted by Gasteiger charge is 1.95. The molecule has 0 fully saturated rings. The highest BCUT2D eigenvalue weighted by atomic mass is 14.9. The zero-order chi connectivity index (χ0) is 10.6. The van der Waals surface area contributed by atoms with Crippen LogP contribution in [0.1, 0.15) is 31.4 Å². The van der Waals surface area contributed by atoms with E-state index in [2.05, 4.69) is 57.3 Å². The summed E-state index contributed by atoms with van der Waals surface area (Å²) in [5.74, 6) is 0. The number of hydrogen-bond donors (Lipinski definition) is 1. The first-order chi connectivity index (χ1) is 6.63. The summed E-state index contributed by atoms with van der Waals surface area (Å²) in [4.78, 5) is 0. The summed E-state index contributed by atoms with van der Waals surface area (Å²) in [5.41, 5.74) is 5.07. The molecule has 1 nitrogen and oxygen atoms in total. The molecule has 0 aliphatic rings. The molecule has 0 aliphatic carbocycles. The molecule has 1 N–H and O–H groups in total. The normalized spacial score (nSPS) is 11.6. The number of nitrogens with one attached hydrogen (secondary N) is 1. The molecule has 0 spiro atoms. The molecule has 76 valence electrons. The fourth-order valence-corrected chi connectivity index (χ4v) is 1.40. The molecule has 1 aromatic rings. The van der Waals surface area contributed by atoms with Crippen molar-refractivity contribution in [3.8, 4) is 0 Å². The van der Waals surface area contributed by atoms with Gasteiger partial charge in [0.05, 0.1) is 0 Å². The van der Waals surface area contributed by atoms with Gasteiger partial charge in [-0.2, -0.15) is 0 Å². The van der Waals surface area contributed by atoms with Crippen LogP contribution in [0.25, 0.3) is 0 Å². The lowest BCUT2D eigenvalue weighted by molar-refractivity contribution is 1.18. The van der Waals surface area contributed by atoms with Gasteiger partial charge in [0.25, 0.3) is 0 Å². The Hall–Kier alpha value is -1.24. The van der Waals surface area contributed by atoms with E-state index in [-0.39, 0.29) is 0 Å². The van der Waals surface area contributed by atoms with Gasteiger partial charge in [0.1, 0.15) is 0 Å². The lowest BCUT2D eigenvalue weighted by atomic mass is 10.1.